The Balaban J connectivity index is 0.00000166. The monoisotopic (exact) mass is 446 g/mol. The average Bonchev–Trinajstić information content (AvgIpc) is 3.26. The zero-order chi connectivity index (χ0) is 22.9. The van der Waals surface area contributed by atoms with Crippen molar-refractivity contribution in [3.8, 4) is 6.07 Å². The van der Waals surface area contributed by atoms with Crippen molar-refractivity contribution in [2.45, 2.75) is 43.7 Å². The minimum atomic E-state index is -3.83. The molecule has 8 nitrogen and oxygen atoms in total. The normalized spacial score (nSPS) is 15.5. The number of nitrogens with one attached hydrogen (secondary N) is 1. The number of aromatic nitrogens is 1. The molecule has 0 radical (unpaired) electrons. The summed E-state index contributed by atoms with van der Waals surface area (Å²) in [6.07, 6.45) is 3.86. The van der Waals surface area contributed by atoms with Gasteiger partial charge < -0.3 is 14.6 Å². The molecule has 0 bridgehead atoms. The number of nitriles is 1. The Bertz CT molecular complexity index is 974. The molecule has 1 atom stereocenters. The molecule has 9 heteroatoms. The number of sulfonamides is 1. The molecule has 1 aromatic heterocycles. The topological polar surface area (TPSA) is 115 Å². The Morgan fingerprint density at radius 2 is 1.84 bits per heavy atom. The van der Waals surface area contributed by atoms with Gasteiger partial charge >= 0.3 is 0 Å². The second-order valence-corrected chi connectivity index (χ2v) is 9.20. The van der Waals surface area contributed by atoms with Gasteiger partial charge in [-0.2, -0.15) is 9.98 Å². The summed E-state index contributed by atoms with van der Waals surface area (Å²) >= 11 is 0. The number of piperidine rings is 1. The Morgan fingerprint density at radius 1 is 1.19 bits per heavy atom. The van der Waals surface area contributed by atoms with Crippen molar-refractivity contribution in [3.05, 3.63) is 54.4 Å². The lowest BCUT2D eigenvalue weighted by Crippen LogP contribution is -2.50. The third kappa shape index (κ3) is 6.66. The van der Waals surface area contributed by atoms with Crippen LogP contribution in [-0.4, -0.2) is 55.1 Å². The molecule has 1 saturated heterocycles. The summed E-state index contributed by atoms with van der Waals surface area (Å²) in [5.74, 6) is 0.360. The van der Waals surface area contributed by atoms with Crippen LogP contribution >= 0.6 is 0 Å². The molecule has 0 saturated carbocycles. The molecule has 1 fully saturated rings. The van der Waals surface area contributed by atoms with E-state index in [4.69, 9.17) is 5.11 Å². The van der Waals surface area contributed by atoms with E-state index in [1.807, 2.05) is 0 Å². The number of aliphatic hydroxyl groups is 1. The first-order valence-electron chi connectivity index (χ1n) is 10.3. The molecule has 1 amide bonds. The molecule has 2 heterocycles. The number of amides is 1. The van der Waals surface area contributed by atoms with Gasteiger partial charge in [-0.15, -0.1) is 0 Å². The summed E-state index contributed by atoms with van der Waals surface area (Å²) in [5.41, 5.74) is 0.480. The third-order valence-corrected chi connectivity index (χ3v) is 6.83. The Morgan fingerprint density at radius 3 is 2.45 bits per heavy atom. The fourth-order valence-corrected chi connectivity index (χ4v) is 4.76. The van der Waals surface area contributed by atoms with E-state index in [9.17, 15) is 18.5 Å². The van der Waals surface area contributed by atoms with Gasteiger partial charge in [-0.05, 0) is 49.4 Å². The Kier molecular flexibility index (Phi) is 9.24. The molecule has 1 aromatic carbocycles. The first-order chi connectivity index (χ1) is 14.9. The first-order valence-corrected chi connectivity index (χ1v) is 11.7. The van der Waals surface area contributed by atoms with Gasteiger partial charge in [0, 0.05) is 32.9 Å². The van der Waals surface area contributed by atoms with Crippen molar-refractivity contribution < 1.29 is 18.3 Å². The molecule has 0 spiro atoms. The molecular weight excluding hydrogens is 416 g/mol. The summed E-state index contributed by atoms with van der Waals surface area (Å²) in [5, 5.41) is 16.2. The highest BCUT2D eigenvalue weighted by Crippen LogP contribution is 2.19. The number of nitrogens with zero attached hydrogens (tertiary/aromatic N) is 3. The molecular formula is C22H30N4O4S. The van der Waals surface area contributed by atoms with E-state index >= 15 is 0 Å². The van der Waals surface area contributed by atoms with E-state index < -0.39 is 16.1 Å². The molecule has 0 aliphatic carbocycles. The van der Waals surface area contributed by atoms with Crippen molar-refractivity contribution in [3.63, 3.8) is 0 Å². The van der Waals surface area contributed by atoms with Crippen molar-refractivity contribution in [1.82, 2.24) is 14.2 Å². The van der Waals surface area contributed by atoms with Crippen LogP contribution in [0.15, 0.2) is 53.6 Å². The van der Waals surface area contributed by atoms with Crippen LogP contribution in [-0.2, 0) is 21.4 Å². The van der Waals surface area contributed by atoms with E-state index in [2.05, 4.69) is 17.7 Å². The highest BCUT2D eigenvalue weighted by molar-refractivity contribution is 7.89. The van der Waals surface area contributed by atoms with Crippen LogP contribution in [0.25, 0.3) is 0 Å². The first kappa shape index (κ1) is 24.6. The maximum Gasteiger partial charge on any atom is 0.241 e. The maximum absolute atomic E-state index is 13.2. The zero-order valence-electron chi connectivity index (χ0n) is 17.9. The molecule has 1 unspecified atom stereocenters. The SMILES string of the molecule is CC1CCN(C(=O)C(CCn2cccc2C#N)NS(=O)(=O)c2ccccc2)CC1.CO. The fraction of sp³-hybridized carbons (Fsp3) is 0.455. The lowest BCUT2D eigenvalue weighted by molar-refractivity contribution is -0.134. The number of aliphatic hydroxyl groups excluding tert-OH is 1. The minimum Gasteiger partial charge on any atom is -0.400 e. The van der Waals surface area contributed by atoms with Gasteiger partial charge in [-0.25, -0.2) is 8.42 Å². The van der Waals surface area contributed by atoms with E-state index in [1.54, 1.807) is 46.0 Å². The summed E-state index contributed by atoms with van der Waals surface area (Å²) < 4.78 is 30.0. The van der Waals surface area contributed by atoms with E-state index in [0.29, 0.717) is 31.2 Å². The van der Waals surface area contributed by atoms with Crippen LogP contribution in [0, 0.1) is 17.2 Å². The number of benzene rings is 1. The standard InChI is InChI=1S/C21H26N4O3S.CH4O/c1-17-9-13-25(14-10-17)21(26)20(11-15-24-12-5-6-18(24)16-22)23-29(27,28)19-7-3-2-4-8-19;1-2/h2-8,12,17,20,23H,9-11,13-15H2,1H3;2H,1H3. The predicted molar refractivity (Wildman–Crippen MR) is 117 cm³/mol. The summed E-state index contributed by atoms with van der Waals surface area (Å²) in [6, 6.07) is 12.7. The molecule has 31 heavy (non-hydrogen) atoms. The van der Waals surface area contributed by atoms with Gasteiger partial charge in [0.2, 0.25) is 15.9 Å². The lowest BCUT2D eigenvalue weighted by atomic mass is 9.98. The highest BCUT2D eigenvalue weighted by atomic mass is 32.2. The number of carbonyl (C=O) groups excluding carboxylic acids is 1. The molecule has 1 aliphatic rings. The molecule has 2 N–H and O–H groups in total. The molecule has 2 aromatic rings. The lowest BCUT2D eigenvalue weighted by Gasteiger charge is -2.33. The number of rotatable bonds is 7. The third-order valence-electron chi connectivity index (χ3n) is 5.35. The second-order valence-electron chi connectivity index (χ2n) is 7.48. The predicted octanol–water partition coefficient (Wildman–Crippen LogP) is 1.96. The van der Waals surface area contributed by atoms with E-state index in [-0.39, 0.29) is 17.2 Å². The number of hydrogen-bond acceptors (Lipinski definition) is 5. The Labute approximate surface area is 184 Å². The fourth-order valence-electron chi connectivity index (χ4n) is 3.52. The van der Waals surface area contributed by atoms with Crippen LogP contribution in [0.5, 0.6) is 0 Å². The maximum atomic E-state index is 13.2. The average molecular weight is 447 g/mol. The largest absolute Gasteiger partial charge is 0.400 e. The number of likely N-dealkylation sites (tertiary alicyclic amines) is 1. The van der Waals surface area contributed by atoms with Crippen LogP contribution in [0.3, 0.4) is 0 Å². The van der Waals surface area contributed by atoms with Crippen LogP contribution < -0.4 is 4.72 Å². The molecule has 168 valence electrons. The molecule has 3 rings (SSSR count). The van der Waals surface area contributed by atoms with Gasteiger partial charge in [-0.1, -0.05) is 25.1 Å². The second kappa shape index (κ2) is 11.6. The quantitative estimate of drug-likeness (QED) is 0.675. The highest BCUT2D eigenvalue weighted by Gasteiger charge is 2.30. The zero-order valence-corrected chi connectivity index (χ0v) is 18.8. The number of carbonyl (C=O) groups is 1. The van der Waals surface area contributed by atoms with Crippen LogP contribution in [0.1, 0.15) is 31.9 Å². The van der Waals surface area contributed by atoms with Crippen molar-refractivity contribution in [2.24, 2.45) is 5.92 Å². The smallest absolute Gasteiger partial charge is 0.241 e. The summed E-state index contributed by atoms with van der Waals surface area (Å²) in [4.78, 5) is 15.0. The van der Waals surface area contributed by atoms with Crippen LogP contribution in [0.4, 0.5) is 0 Å². The van der Waals surface area contributed by atoms with Gasteiger partial charge in [0.1, 0.15) is 17.8 Å². The van der Waals surface area contributed by atoms with Gasteiger partial charge in [0.05, 0.1) is 4.90 Å². The van der Waals surface area contributed by atoms with Crippen LogP contribution in [0.2, 0.25) is 0 Å². The van der Waals surface area contributed by atoms with Crippen molar-refractivity contribution in [1.29, 1.82) is 5.26 Å². The van der Waals surface area contributed by atoms with E-state index in [1.165, 1.54) is 12.1 Å². The number of aryl methyl sites for hydroxylation is 1. The van der Waals surface area contributed by atoms with Crippen molar-refractivity contribution in [2.75, 3.05) is 20.2 Å². The van der Waals surface area contributed by atoms with E-state index in [0.717, 1.165) is 20.0 Å². The van der Waals surface area contributed by atoms with Gasteiger partial charge in [0.15, 0.2) is 0 Å². The minimum absolute atomic E-state index is 0.128. The van der Waals surface area contributed by atoms with Gasteiger partial charge in [0.25, 0.3) is 0 Å². The Hall–Kier alpha value is -2.67. The van der Waals surface area contributed by atoms with Gasteiger partial charge in [-0.3, -0.25) is 4.79 Å². The summed E-state index contributed by atoms with van der Waals surface area (Å²) in [7, 11) is -2.83. The summed E-state index contributed by atoms with van der Waals surface area (Å²) in [6.45, 7) is 3.80. The molecule has 1 aliphatic heterocycles. The van der Waals surface area contributed by atoms with Crippen molar-refractivity contribution >= 4 is 15.9 Å². The number of hydrogen-bond donors (Lipinski definition) is 2.